The molecule has 2 heteroatoms. The van der Waals surface area contributed by atoms with Gasteiger partial charge in [-0.1, -0.05) is 161 Å². The lowest BCUT2D eigenvalue weighted by atomic mass is 10.0. The second kappa shape index (κ2) is 25.5. The fourth-order valence-corrected chi connectivity index (χ4v) is 4.40. The summed E-state index contributed by atoms with van der Waals surface area (Å²) in [5.41, 5.74) is 0.249. The Kier molecular flexibility index (Phi) is 24.8. The Morgan fingerprint density at radius 2 is 0.710 bits per heavy atom. The molecule has 0 aromatic rings. The van der Waals surface area contributed by atoms with E-state index in [0.717, 1.165) is 12.8 Å². The second-order valence-corrected chi connectivity index (χ2v) is 9.77. The van der Waals surface area contributed by atoms with Crippen LogP contribution in [-0.4, -0.2) is 5.97 Å². The third kappa shape index (κ3) is 25.3. The van der Waals surface area contributed by atoms with Crippen LogP contribution in [0.2, 0.25) is 0 Å². The van der Waals surface area contributed by atoms with Crippen LogP contribution in [0, 0.1) is 0 Å². The standard InChI is InChI=1S/C29H56O2/c1-3-4-5-6-7-8-9-10-11-12-13-14-15-16-17-18-19-20-21-22-23-24-25-26-27-28(2)29(30)31/h2-27H2,1H3,(H,30,31)/p-1. The first-order valence-corrected chi connectivity index (χ1v) is 14.1. The molecule has 0 aliphatic carbocycles. The van der Waals surface area contributed by atoms with Crippen molar-refractivity contribution >= 4 is 5.97 Å². The van der Waals surface area contributed by atoms with Crippen LogP contribution in [0.25, 0.3) is 0 Å². The SMILES string of the molecule is C=C(CCCCCCCCCCCCCCCCCCCCCCCCCC)C(=O)[O-]. The molecule has 0 aliphatic rings. The van der Waals surface area contributed by atoms with Gasteiger partial charge < -0.3 is 9.90 Å². The van der Waals surface area contributed by atoms with Crippen LogP contribution in [0.3, 0.4) is 0 Å². The molecule has 31 heavy (non-hydrogen) atoms. The Morgan fingerprint density at radius 1 is 0.484 bits per heavy atom. The van der Waals surface area contributed by atoms with Crippen molar-refractivity contribution in [2.45, 2.75) is 167 Å². The van der Waals surface area contributed by atoms with Gasteiger partial charge in [-0.15, -0.1) is 0 Å². The van der Waals surface area contributed by atoms with Gasteiger partial charge in [0.25, 0.3) is 0 Å². The van der Waals surface area contributed by atoms with Gasteiger partial charge in [-0.25, -0.2) is 0 Å². The monoisotopic (exact) mass is 435 g/mol. The van der Waals surface area contributed by atoms with Gasteiger partial charge in [0.1, 0.15) is 0 Å². The molecule has 0 spiro atoms. The first-order chi connectivity index (χ1) is 15.2. The number of aliphatic carboxylic acids is 1. The normalized spacial score (nSPS) is 11.1. The lowest BCUT2D eigenvalue weighted by Crippen LogP contribution is -2.23. The number of hydrogen-bond donors (Lipinski definition) is 0. The van der Waals surface area contributed by atoms with Gasteiger partial charge in [0.05, 0.1) is 5.97 Å². The van der Waals surface area contributed by atoms with Crippen LogP contribution >= 0.6 is 0 Å². The van der Waals surface area contributed by atoms with Crippen LogP contribution in [-0.2, 0) is 4.79 Å². The zero-order chi connectivity index (χ0) is 22.8. The molecule has 0 N–H and O–H groups in total. The number of carbonyl (C=O) groups is 1. The van der Waals surface area contributed by atoms with Gasteiger partial charge in [-0.3, -0.25) is 0 Å². The minimum Gasteiger partial charge on any atom is -0.545 e. The molecular formula is C29H55O2-. The summed E-state index contributed by atoms with van der Waals surface area (Å²) < 4.78 is 0. The molecule has 0 bridgehead atoms. The van der Waals surface area contributed by atoms with Gasteiger partial charge in [0.15, 0.2) is 0 Å². The Bertz CT molecular complexity index is 388. The van der Waals surface area contributed by atoms with Crippen molar-refractivity contribution in [2.75, 3.05) is 0 Å². The third-order valence-electron chi connectivity index (χ3n) is 6.62. The maximum atomic E-state index is 10.5. The van der Waals surface area contributed by atoms with Crippen molar-refractivity contribution in [3.8, 4) is 0 Å². The molecule has 0 heterocycles. The van der Waals surface area contributed by atoms with Crippen LogP contribution in [0.1, 0.15) is 167 Å². The largest absolute Gasteiger partial charge is 0.545 e. The fraction of sp³-hybridized carbons (Fsp3) is 0.897. The predicted octanol–water partition coefficient (Wildman–Crippen LogP) is 9.06. The Balaban J connectivity index is 3.05. The maximum Gasteiger partial charge on any atom is 0.0668 e. The highest BCUT2D eigenvalue weighted by Gasteiger charge is 1.97. The first-order valence-electron chi connectivity index (χ1n) is 14.1. The average Bonchev–Trinajstić information content (AvgIpc) is 2.76. The van der Waals surface area contributed by atoms with E-state index >= 15 is 0 Å². The van der Waals surface area contributed by atoms with Gasteiger partial charge in [-0.2, -0.15) is 0 Å². The summed E-state index contributed by atoms with van der Waals surface area (Å²) in [6.45, 7) is 5.81. The van der Waals surface area contributed by atoms with Crippen molar-refractivity contribution < 1.29 is 9.90 Å². The molecule has 0 unspecified atom stereocenters. The van der Waals surface area contributed by atoms with E-state index in [1.165, 1.54) is 141 Å². The van der Waals surface area contributed by atoms with E-state index < -0.39 is 5.97 Å². The molecule has 2 nitrogen and oxygen atoms in total. The van der Waals surface area contributed by atoms with Crippen LogP contribution in [0.5, 0.6) is 0 Å². The molecular weight excluding hydrogens is 380 g/mol. The smallest absolute Gasteiger partial charge is 0.0668 e. The van der Waals surface area contributed by atoms with E-state index in [0.29, 0.717) is 6.42 Å². The summed E-state index contributed by atoms with van der Waals surface area (Å²) in [5, 5.41) is 10.5. The van der Waals surface area contributed by atoms with E-state index in [2.05, 4.69) is 13.5 Å². The topological polar surface area (TPSA) is 40.1 Å². The van der Waals surface area contributed by atoms with E-state index in [9.17, 15) is 9.90 Å². The van der Waals surface area contributed by atoms with Gasteiger partial charge in [0, 0.05) is 0 Å². The van der Waals surface area contributed by atoms with Crippen molar-refractivity contribution in [3.63, 3.8) is 0 Å². The van der Waals surface area contributed by atoms with Gasteiger partial charge in [0.2, 0.25) is 0 Å². The number of unbranched alkanes of at least 4 members (excludes halogenated alkanes) is 23. The zero-order valence-electron chi connectivity index (χ0n) is 21.2. The Hall–Kier alpha value is -0.790. The summed E-state index contributed by atoms with van der Waals surface area (Å²) in [6, 6.07) is 0. The zero-order valence-corrected chi connectivity index (χ0v) is 21.2. The number of carboxylic acids is 1. The molecule has 0 aliphatic heterocycles. The quantitative estimate of drug-likeness (QED) is 0.100. The minimum absolute atomic E-state index is 0.249. The molecule has 184 valence electrons. The molecule has 0 aromatic carbocycles. The number of carbonyl (C=O) groups excluding carboxylic acids is 1. The van der Waals surface area contributed by atoms with Gasteiger partial charge >= 0.3 is 0 Å². The van der Waals surface area contributed by atoms with Crippen molar-refractivity contribution in [1.29, 1.82) is 0 Å². The summed E-state index contributed by atoms with van der Waals surface area (Å²) in [6.07, 6.45) is 33.8. The van der Waals surface area contributed by atoms with Gasteiger partial charge in [-0.05, 0) is 18.4 Å². The molecule has 0 saturated heterocycles. The average molecular weight is 436 g/mol. The molecule has 0 saturated carbocycles. The van der Waals surface area contributed by atoms with Crippen molar-refractivity contribution in [2.24, 2.45) is 0 Å². The molecule has 0 radical (unpaired) electrons. The molecule has 0 amide bonds. The number of hydrogen-bond acceptors (Lipinski definition) is 2. The van der Waals surface area contributed by atoms with E-state index in [4.69, 9.17) is 0 Å². The van der Waals surface area contributed by atoms with Crippen LogP contribution in [0.15, 0.2) is 12.2 Å². The first kappa shape index (κ1) is 30.2. The van der Waals surface area contributed by atoms with Crippen LogP contribution in [0.4, 0.5) is 0 Å². The molecule has 0 aromatic heterocycles. The Labute approximate surface area is 195 Å². The summed E-state index contributed by atoms with van der Waals surface area (Å²) in [7, 11) is 0. The number of rotatable bonds is 26. The summed E-state index contributed by atoms with van der Waals surface area (Å²) in [4.78, 5) is 10.5. The summed E-state index contributed by atoms with van der Waals surface area (Å²) >= 11 is 0. The van der Waals surface area contributed by atoms with E-state index in [1.807, 2.05) is 0 Å². The summed E-state index contributed by atoms with van der Waals surface area (Å²) in [5.74, 6) is -1.09. The minimum atomic E-state index is -1.09. The van der Waals surface area contributed by atoms with Crippen molar-refractivity contribution in [3.05, 3.63) is 12.2 Å². The van der Waals surface area contributed by atoms with Crippen LogP contribution < -0.4 is 5.11 Å². The van der Waals surface area contributed by atoms with E-state index in [1.54, 1.807) is 0 Å². The lowest BCUT2D eigenvalue weighted by Gasteiger charge is -2.06. The predicted molar refractivity (Wildman–Crippen MR) is 135 cm³/mol. The van der Waals surface area contributed by atoms with Crippen molar-refractivity contribution in [1.82, 2.24) is 0 Å². The molecule has 0 atom stereocenters. The third-order valence-corrected chi connectivity index (χ3v) is 6.62. The Morgan fingerprint density at radius 3 is 0.935 bits per heavy atom. The van der Waals surface area contributed by atoms with E-state index in [-0.39, 0.29) is 5.57 Å². The lowest BCUT2D eigenvalue weighted by molar-refractivity contribution is -0.299. The number of carboxylic acid groups (broad SMARTS) is 1. The molecule has 0 rings (SSSR count). The molecule has 0 fully saturated rings. The maximum absolute atomic E-state index is 10.5. The highest BCUT2D eigenvalue weighted by molar-refractivity contribution is 5.83. The highest BCUT2D eigenvalue weighted by Crippen LogP contribution is 2.16. The second-order valence-electron chi connectivity index (χ2n) is 9.77. The highest BCUT2D eigenvalue weighted by atomic mass is 16.4. The fourth-order valence-electron chi connectivity index (χ4n) is 4.40.